The van der Waals surface area contributed by atoms with Crippen LogP contribution in [0, 0.1) is 23.5 Å². The maximum absolute atomic E-state index is 13.7. The highest BCUT2D eigenvalue weighted by Crippen LogP contribution is 2.49. The summed E-state index contributed by atoms with van der Waals surface area (Å²) in [6, 6.07) is 3.69. The number of benzene rings is 1. The largest absolute Gasteiger partial charge is 0.481 e. The van der Waals surface area contributed by atoms with Crippen molar-refractivity contribution in [3.05, 3.63) is 35.4 Å². The number of halogens is 2. The first-order chi connectivity index (χ1) is 11.0. The van der Waals surface area contributed by atoms with Gasteiger partial charge in [0.2, 0.25) is 5.91 Å². The molecule has 1 aromatic carbocycles. The molecule has 23 heavy (non-hydrogen) atoms. The zero-order chi connectivity index (χ0) is 16.6. The first-order valence-corrected chi connectivity index (χ1v) is 7.94. The van der Waals surface area contributed by atoms with E-state index in [1.807, 2.05) is 0 Å². The van der Waals surface area contributed by atoms with Gasteiger partial charge < -0.3 is 10.4 Å². The fourth-order valence-corrected chi connectivity index (χ4v) is 3.46. The smallest absolute Gasteiger partial charge is 0.306 e. The van der Waals surface area contributed by atoms with Crippen LogP contribution in [-0.2, 0) is 9.59 Å². The minimum Gasteiger partial charge on any atom is -0.481 e. The molecule has 2 aliphatic carbocycles. The number of carbonyl (C=O) groups is 2. The number of hydrogen-bond donors (Lipinski definition) is 2. The van der Waals surface area contributed by atoms with E-state index in [1.54, 1.807) is 0 Å². The maximum atomic E-state index is 13.7. The lowest BCUT2D eigenvalue weighted by Crippen LogP contribution is -2.39. The van der Waals surface area contributed by atoms with Gasteiger partial charge in [-0.1, -0.05) is 6.07 Å². The van der Waals surface area contributed by atoms with E-state index in [2.05, 4.69) is 5.32 Å². The molecule has 2 atom stereocenters. The lowest BCUT2D eigenvalue weighted by molar-refractivity contribution is -0.142. The van der Waals surface area contributed by atoms with Crippen molar-refractivity contribution in [2.24, 2.45) is 11.8 Å². The standard InChI is InChI=1S/C17H19F2NO3/c18-13-2-1-3-14(19)15(13)11-8-12(11)16(21)20-10-6-4-9(5-7-10)17(22)23/h1-3,9-12H,4-8H2,(H,20,21)(H,22,23). The molecule has 4 nitrogen and oxygen atoms in total. The van der Waals surface area contributed by atoms with E-state index in [0.29, 0.717) is 32.1 Å². The van der Waals surface area contributed by atoms with Crippen LogP contribution in [0.5, 0.6) is 0 Å². The van der Waals surface area contributed by atoms with Crippen LogP contribution < -0.4 is 5.32 Å². The zero-order valence-corrected chi connectivity index (χ0v) is 12.6. The van der Waals surface area contributed by atoms with Gasteiger partial charge in [-0.15, -0.1) is 0 Å². The average molecular weight is 323 g/mol. The fraction of sp³-hybridized carbons (Fsp3) is 0.529. The summed E-state index contributed by atoms with van der Waals surface area (Å²) in [6.45, 7) is 0. The third kappa shape index (κ3) is 3.35. The Bertz CT molecular complexity index is 606. The second-order valence-corrected chi connectivity index (χ2v) is 6.48. The van der Waals surface area contributed by atoms with E-state index in [4.69, 9.17) is 5.11 Å². The van der Waals surface area contributed by atoms with Crippen molar-refractivity contribution >= 4 is 11.9 Å². The SMILES string of the molecule is O=C(O)C1CCC(NC(=O)C2CC2c2c(F)cccc2F)CC1. The number of nitrogens with one attached hydrogen (secondary N) is 1. The van der Waals surface area contributed by atoms with Crippen LogP contribution >= 0.6 is 0 Å². The molecule has 0 bridgehead atoms. The van der Waals surface area contributed by atoms with Crippen LogP contribution in [0.25, 0.3) is 0 Å². The fourth-order valence-electron chi connectivity index (χ4n) is 3.46. The molecule has 1 amide bonds. The predicted octanol–water partition coefficient (Wildman–Crippen LogP) is 2.83. The third-order valence-electron chi connectivity index (χ3n) is 4.92. The van der Waals surface area contributed by atoms with Gasteiger partial charge in [-0.25, -0.2) is 8.78 Å². The van der Waals surface area contributed by atoms with Crippen molar-refractivity contribution in [2.45, 2.75) is 44.1 Å². The Kier molecular flexibility index (Phi) is 4.33. The molecule has 2 unspecified atom stereocenters. The van der Waals surface area contributed by atoms with E-state index in [1.165, 1.54) is 18.2 Å². The number of carbonyl (C=O) groups excluding carboxylic acids is 1. The van der Waals surface area contributed by atoms with E-state index in [9.17, 15) is 18.4 Å². The van der Waals surface area contributed by atoms with Gasteiger partial charge in [-0.3, -0.25) is 9.59 Å². The van der Waals surface area contributed by atoms with Crippen LogP contribution in [0.15, 0.2) is 18.2 Å². The molecule has 0 saturated heterocycles. The van der Waals surface area contributed by atoms with Gasteiger partial charge in [0.15, 0.2) is 0 Å². The van der Waals surface area contributed by atoms with E-state index >= 15 is 0 Å². The molecule has 124 valence electrons. The molecule has 3 rings (SSSR count). The average Bonchev–Trinajstić information content (AvgIpc) is 3.28. The van der Waals surface area contributed by atoms with Gasteiger partial charge in [-0.2, -0.15) is 0 Å². The summed E-state index contributed by atoms with van der Waals surface area (Å²) in [5, 5.41) is 11.9. The summed E-state index contributed by atoms with van der Waals surface area (Å²) in [7, 11) is 0. The van der Waals surface area contributed by atoms with Gasteiger partial charge in [0, 0.05) is 23.4 Å². The summed E-state index contributed by atoms with van der Waals surface area (Å²) in [5.41, 5.74) is 0.00207. The zero-order valence-electron chi connectivity index (χ0n) is 12.6. The van der Waals surface area contributed by atoms with Gasteiger partial charge in [0.05, 0.1) is 5.92 Å². The molecule has 0 aliphatic heterocycles. The molecule has 2 saturated carbocycles. The van der Waals surface area contributed by atoms with E-state index in [-0.39, 0.29) is 23.4 Å². The number of carboxylic acid groups (broad SMARTS) is 1. The summed E-state index contributed by atoms with van der Waals surface area (Å²) in [5.74, 6) is -3.29. The molecule has 1 aromatic rings. The molecule has 0 aromatic heterocycles. The Morgan fingerprint density at radius 2 is 1.70 bits per heavy atom. The Morgan fingerprint density at radius 3 is 2.26 bits per heavy atom. The topological polar surface area (TPSA) is 66.4 Å². The van der Waals surface area contributed by atoms with Crippen LogP contribution in [-0.4, -0.2) is 23.0 Å². The highest BCUT2D eigenvalue weighted by atomic mass is 19.1. The molecule has 2 N–H and O–H groups in total. The summed E-state index contributed by atoms with van der Waals surface area (Å²) >= 11 is 0. The lowest BCUT2D eigenvalue weighted by Gasteiger charge is -2.26. The highest BCUT2D eigenvalue weighted by molar-refractivity contribution is 5.83. The lowest BCUT2D eigenvalue weighted by atomic mass is 9.86. The molecule has 6 heteroatoms. The quantitative estimate of drug-likeness (QED) is 0.895. The van der Waals surface area contributed by atoms with Crippen molar-refractivity contribution in [3.63, 3.8) is 0 Å². The number of aliphatic carboxylic acids is 1. The van der Waals surface area contributed by atoms with Crippen molar-refractivity contribution in [2.75, 3.05) is 0 Å². The molecule has 0 heterocycles. The second kappa shape index (κ2) is 6.26. The monoisotopic (exact) mass is 323 g/mol. The van der Waals surface area contributed by atoms with Crippen LogP contribution in [0.3, 0.4) is 0 Å². The Morgan fingerprint density at radius 1 is 1.09 bits per heavy atom. The minimum atomic E-state index is -0.785. The summed E-state index contributed by atoms with van der Waals surface area (Å²) in [6.07, 6.45) is 2.82. The van der Waals surface area contributed by atoms with Crippen molar-refractivity contribution in [3.8, 4) is 0 Å². The number of amides is 1. The van der Waals surface area contributed by atoms with Crippen molar-refractivity contribution in [1.82, 2.24) is 5.32 Å². The van der Waals surface area contributed by atoms with Gasteiger partial charge >= 0.3 is 5.97 Å². The van der Waals surface area contributed by atoms with Gasteiger partial charge in [0.1, 0.15) is 11.6 Å². The Hall–Kier alpha value is -1.98. The molecule has 2 aliphatic rings. The predicted molar refractivity (Wildman–Crippen MR) is 78.7 cm³/mol. The van der Waals surface area contributed by atoms with Gasteiger partial charge in [0.25, 0.3) is 0 Å². The first kappa shape index (κ1) is 15.9. The molecular formula is C17H19F2NO3. The number of hydrogen-bond acceptors (Lipinski definition) is 2. The second-order valence-electron chi connectivity index (χ2n) is 6.48. The Balaban J connectivity index is 1.54. The first-order valence-electron chi connectivity index (χ1n) is 7.94. The van der Waals surface area contributed by atoms with Gasteiger partial charge in [-0.05, 0) is 44.2 Å². The van der Waals surface area contributed by atoms with E-state index < -0.39 is 29.4 Å². The summed E-state index contributed by atoms with van der Waals surface area (Å²) < 4.78 is 27.5. The summed E-state index contributed by atoms with van der Waals surface area (Å²) in [4.78, 5) is 23.1. The molecule has 0 spiro atoms. The molecule has 0 radical (unpaired) electrons. The maximum Gasteiger partial charge on any atom is 0.306 e. The Labute approximate surface area is 132 Å². The minimum absolute atomic E-state index is 0.00207. The van der Waals surface area contributed by atoms with Crippen molar-refractivity contribution < 1.29 is 23.5 Å². The normalized spacial score (nSPS) is 29.8. The van der Waals surface area contributed by atoms with Crippen molar-refractivity contribution in [1.29, 1.82) is 0 Å². The molecular weight excluding hydrogens is 304 g/mol. The highest BCUT2D eigenvalue weighted by Gasteiger charge is 2.47. The number of carboxylic acids is 1. The number of rotatable bonds is 4. The van der Waals surface area contributed by atoms with Crippen LogP contribution in [0.1, 0.15) is 43.6 Å². The third-order valence-corrected chi connectivity index (χ3v) is 4.92. The van der Waals surface area contributed by atoms with E-state index in [0.717, 1.165) is 0 Å². The molecule has 2 fully saturated rings. The van der Waals surface area contributed by atoms with Crippen LogP contribution in [0.2, 0.25) is 0 Å². The van der Waals surface area contributed by atoms with Crippen LogP contribution in [0.4, 0.5) is 8.78 Å².